The molecule has 1 atom stereocenters. The van der Waals surface area contributed by atoms with E-state index in [9.17, 15) is 9.59 Å². The normalized spacial score (nSPS) is 20.6. The van der Waals surface area contributed by atoms with Crippen LogP contribution >= 0.6 is 22.6 Å². The molecule has 1 aliphatic heterocycles. The third kappa shape index (κ3) is 4.54. The summed E-state index contributed by atoms with van der Waals surface area (Å²) >= 11 is 1.85. The van der Waals surface area contributed by atoms with Gasteiger partial charge in [-0.1, -0.05) is 22.6 Å². The second kappa shape index (κ2) is 6.68. The minimum absolute atomic E-state index is 0.159. The summed E-state index contributed by atoms with van der Waals surface area (Å²) < 4.78 is 4.15. The van der Waals surface area contributed by atoms with Gasteiger partial charge in [-0.05, 0) is 33.1 Å². The maximum atomic E-state index is 11.7. The largest absolute Gasteiger partial charge is 0.458 e. The Bertz CT molecular complexity index is 285. The van der Waals surface area contributed by atoms with Crippen molar-refractivity contribution in [2.45, 2.75) is 36.5 Å². The van der Waals surface area contributed by atoms with E-state index < -0.39 is 9.39 Å². The number of piperidine rings is 1. The van der Waals surface area contributed by atoms with E-state index in [0.29, 0.717) is 6.61 Å². The topological polar surface area (TPSA) is 47.8 Å². The Morgan fingerprint density at radius 1 is 1.29 bits per heavy atom. The van der Waals surface area contributed by atoms with Crippen molar-refractivity contribution in [2.75, 3.05) is 26.2 Å². The lowest BCUT2D eigenvalue weighted by atomic mass is 10.1. The smallest absolute Gasteiger partial charge is 0.329 e. The van der Waals surface area contributed by atoms with Crippen molar-refractivity contribution in [2.24, 2.45) is 0 Å². The van der Waals surface area contributed by atoms with Crippen LogP contribution in [0.2, 0.25) is 0 Å². The number of esters is 1. The molecule has 1 saturated heterocycles. The van der Waals surface area contributed by atoms with Gasteiger partial charge in [-0.15, -0.1) is 0 Å². The van der Waals surface area contributed by atoms with Gasteiger partial charge in [-0.3, -0.25) is 9.59 Å². The van der Waals surface area contributed by atoms with Crippen LogP contribution in [0.1, 0.15) is 33.1 Å². The van der Waals surface area contributed by atoms with E-state index in [0.717, 1.165) is 6.54 Å². The van der Waals surface area contributed by atoms with Crippen molar-refractivity contribution in [3.8, 4) is 0 Å². The van der Waals surface area contributed by atoms with Crippen molar-refractivity contribution < 1.29 is 19.2 Å². The van der Waals surface area contributed by atoms with Gasteiger partial charge in [-0.2, -0.15) is 0 Å². The molecule has 0 aromatic rings. The van der Waals surface area contributed by atoms with Crippen LogP contribution in [0.4, 0.5) is 0 Å². The molecule has 98 valence electrons. The van der Waals surface area contributed by atoms with Gasteiger partial charge in [-0.25, -0.2) is 0 Å². The molecule has 0 spiro atoms. The predicted octanol–water partition coefficient (Wildman–Crippen LogP) is 0.381. The molecule has 5 heteroatoms. The molecule has 0 aromatic heterocycles. The lowest BCUT2D eigenvalue weighted by Gasteiger charge is -2.24. The number of quaternary nitrogens is 1. The van der Waals surface area contributed by atoms with Gasteiger partial charge in [0.05, 0.1) is 13.1 Å². The van der Waals surface area contributed by atoms with Crippen molar-refractivity contribution in [3.63, 3.8) is 0 Å². The van der Waals surface area contributed by atoms with E-state index in [1.807, 2.05) is 22.6 Å². The van der Waals surface area contributed by atoms with Crippen molar-refractivity contribution >= 4 is 34.3 Å². The highest BCUT2D eigenvalue weighted by Crippen LogP contribution is 2.20. The zero-order valence-corrected chi connectivity index (χ0v) is 12.7. The van der Waals surface area contributed by atoms with E-state index in [2.05, 4.69) is 0 Å². The highest BCUT2D eigenvalue weighted by Gasteiger charge is 2.36. The first kappa shape index (κ1) is 14.9. The molecule has 0 radical (unpaired) electrons. The second-order valence-corrected chi connectivity index (χ2v) is 6.91. The third-order valence-electron chi connectivity index (χ3n) is 3.29. The number of hydrogen-bond donors (Lipinski definition) is 1. The Hall–Kier alpha value is -0.170. The quantitative estimate of drug-likeness (QED) is 0.336. The molecule has 17 heavy (non-hydrogen) atoms. The van der Waals surface area contributed by atoms with Gasteiger partial charge < -0.3 is 9.64 Å². The van der Waals surface area contributed by atoms with Crippen molar-refractivity contribution in [1.29, 1.82) is 0 Å². The molecular weight excluding hydrogens is 333 g/mol. The first-order valence-electron chi connectivity index (χ1n) is 6.15. The number of alkyl halides is 1. The number of hydrogen-bond acceptors (Lipinski definition) is 3. The molecule has 1 heterocycles. The van der Waals surface area contributed by atoms with Gasteiger partial charge in [0, 0.05) is 0 Å². The van der Waals surface area contributed by atoms with Gasteiger partial charge in [0.1, 0.15) is 13.2 Å². The average Bonchev–Trinajstić information content (AvgIpc) is 2.30. The van der Waals surface area contributed by atoms with Gasteiger partial charge in [0.2, 0.25) is 0 Å². The highest BCUT2D eigenvalue weighted by molar-refractivity contribution is 14.1. The van der Waals surface area contributed by atoms with E-state index in [-0.39, 0.29) is 5.78 Å². The van der Waals surface area contributed by atoms with Gasteiger partial charge in [0.25, 0.3) is 0 Å². The molecule has 0 aromatic carbocycles. The monoisotopic (exact) mass is 354 g/mol. The molecule has 1 fully saturated rings. The lowest BCUT2D eigenvalue weighted by Crippen LogP contribution is -3.13. The number of Topliss-reactive ketones (excluding diaryl/α,β-unsaturated/α-hetero) is 1. The number of carbonyl (C=O) groups excluding carboxylic acids is 2. The number of ketones is 1. The van der Waals surface area contributed by atoms with E-state index in [1.165, 1.54) is 44.2 Å². The molecule has 1 aliphatic rings. The maximum Gasteiger partial charge on any atom is 0.329 e. The molecule has 1 rings (SSSR count). The third-order valence-corrected chi connectivity index (χ3v) is 4.49. The summed E-state index contributed by atoms with van der Waals surface area (Å²) in [6.07, 6.45) is 3.85. The molecule has 0 aliphatic carbocycles. The first-order valence-corrected chi connectivity index (χ1v) is 7.23. The molecule has 1 N–H and O–H groups in total. The molecule has 4 nitrogen and oxygen atoms in total. The molecule has 0 amide bonds. The van der Waals surface area contributed by atoms with E-state index in [1.54, 1.807) is 6.92 Å². The van der Waals surface area contributed by atoms with Crippen LogP contribution in [-0.2, 0) is 14.3 Å². The standard InChI is InChI=1S/C12H20INO3/c1-10(15)12(2,13)11(16)17-9-8-14-6-4-3-5-7-14/h3-9H2,1-2H3/p+1. The van der Waals surface area contributed by atoms with Crippen molar-refractivity contribution in [3.05, 3.63) is 0 Å². The Balaban J connectivity index is 2.26. The van der Waals surface area contributed by atoms with Crippen LogP contribution in [0.3, 0.4) is 0 Å². The Labute approximate surface area is 116 Å². The number of halogens is 1. The fraction of sp³-hybridized carbons (Fsp3) is 0.833. The summed E-state index contributed by atoms with van der Waals surface area (Å²) in [7, 11) is 0. The Kier molecular flexibility index (Phi) is 5.85. The highest BCUT2D eigenvalue weighted by atomic mass is 127. The maximum absolute atomic E-state index is 11.7. The summed E-state index contributed by atoms with van der Waals surface area (Å²) in [6.45, 7) is 6.64. The summed E-state index contributed by atoms with van der Waals surface area (Å²) in [5.41, 5.74) is 0. The molecule has 1 unspecified atom stereocenters. The summed E-state index contributed by atoms with van der Waals surface area (Å²) in [4.78, 5) is 24.4. The minimum Gasteiger partial charge on any atom is -0.458 e. The van der Waals surface area contributed by atoms with Crippen LogP contribution in [0.25, 0.3) is 0 Å². The number of carbonyl (C=O) groups is 2. The number of nitrogens with one attached hydrogen (secondary N) is 1. The summed E-state index contributed by atoms with van der Waals surface area (Å²) in [6, 6.07) is 0. The number of ether oxygens (including phenoxy) is 1. The van der Waals surface area contributed by atoms with E-state index in [4.69, 9.17) is 4.74 Å². The summed E-state index contributed by atoms with van der Waals surface area (Å²) in [5.74, 6) is -0.574. The van der Waals surface area contributed by atoms with E-state index >= 15 is 0 Å². The van der Waals surface area contributed by atoms with Crippen LogP contribution < -0.4 is 4.90 Å². The fourth-order valence-electron chi connectivity index (χ4n) is 1.87. The predicted molar refractivity (Wildman–Crippen MR) is 73.5 cm³/mol. The summed E-state index contributed by atoms with van der Waals surface area (Å²) in [5, 5.41) is 0. The molecule has 0 saturated carbocycles. The number of rotatable bonds is 5. The average molecular weight is 354 g/mol. The SMILES string of the molecule is CC(=O)C(C)(I)C(=O)OCC[NH+]1CCCCC1. The first-order chi connectivity index (χ1) is 7.94. The van der Waals surface area contributed by atoms with Gasteiger partial charge in [0.15, 0.2) is 9.20 Å². The lowest BCUT2D eigenvalue weighted by molar-refractivity contribution is -0.905. The van der Waals surface area contributed by atoms with Crippen molar-refractivity contribution in [1.82, 2.24) is 0 Å². The molecular formula is C12H21INO3+. The zero-order valence-electron chi connectivity index (χ0n) is 10.6. The minimum atomic E-state index is -1.03. The zero-order chi connectivity index (χ0) is 12.9. The van der Waals surface area contributed by atoms with Crippen LogP contribution in [0.15, 0.2) is 0 Å². The Morgan fingerprint density at radius 3 is 2.41 bits per heavy atom. The fourth-order valence-corrected chi connectivity index (χ4v) is 2.02. The van der Waals surface area contributed by atoms with Crippen LogP contribution in [0.5, 0.6) is 0 Å². The van der Waals surface area contributed by atoms with Crippen LogP contribution in [0, 0.1) is 0 Å². The molecule has 0 bridgehead atoms. The van der Waals surface area contributed by atoms with Gasteiger partial charge >= 0.3 is 5.97 Å². The van der Waals surface area contributed by atoms with Crippen LogP contribution in [-0.4, -0.2) is 41.4 Å². The Morgan fingerprint density at radius 2 is 1.88 bits per heavy atom. The number of likely N-dealkylation sites (tertiary alicyclic amines) is 1. The second-order valence-electron chi connectivity index (χ2n) is 4.76.